The number of carboxylic acid groups (broad SMARTS) is 1. The van der Waals surface area contributed by atoms with Crippen molar-refractivity contribution in [2.45, 2.75) is 33.3 Å². The van der Waals surface area contributed by atoms with E-state index in [1.165, 1.54) is 23.1 Å². The van der Waals surface area contributed by atoms with E-state index in [1.807, 2.05) is 6.07 Å². The molecule has 0 aliphatic carbocycles. The first-order valence-corrected chi connectivity index (χ1v) is 12.0. The van der Waals surface area contributed by atoms with Crippen LogP contribution in [-0.2, 0) is 4.79 Å². The standard InChI is InChI=1S/C27H27N5O8/c1-15(2)11-21(26(34)35)40-24-22(32(36)37)23(39-20-12-17(14-28)10-9-16(20)3)29-27(30-24)38-19-8-6-7-18(13-19)25(33)31(4)5/h6-10,12-13,15,21H,11H2,1-5H3,(H,34,35). The lowest BCUT2D eigenvalue weighted by Gasteiger charge is -2.17. The lowest BCUT2D eigenvalue weighted by molar-refractivity contribution is -0.387. The molecule has 1 N–H and O–H groups in total. The second-order valence-corrected chi connectivity index (χ2v) is 9.32. The molecule has 0 saturated carbocycles. The number of aromatic nitrogens is 2. The Balaban J connectivity index is 2.16. The summed E-state index contributed by atoms with van der Waals surface area (Å²) in [6.45, 7) is 5.20. The maximum absolute atomic E-state index is 12.4. The Labute approximate surface area is 229 Å². The average Bonchev–Trinajstić information content (AvgIpc) is 2.88. The Bertz CT molecular complexity index is 1480. The van der Waals surface area contributed by atoms with Gasteiger partial charge in [0, 0.05) is 19.7 Å². The van der Waals surface area contributed by atoms with E-state index in [1.54, 1.807) is 59.1 Å². The quantitative estimate of drug-likeness (QED) is 0.258. The molecule has 1 unspecified atom stereocenters. The molecule has 13 nitrogen and oxygen atoms in total. The number of aliphatic carboxylic acids is 1. The number of hydrogen-bond donors (Lipinski definition) is 1. The van der Waals surface area contributed by atoms with E-state index in [9.17, 15) is 30.1 Å². The topological polar surface area (TPSA) is 178 Å². The van der Waals surface area contributed by atoms with E-state index in [0.29, 0.717) is 11.1 Å². The second kappa shape index (κ2) is 12.5. The first kappa shape index (κ1) is 29.3. The molecule has 0 aliphatic heterocycles. The highest BCUT2D eigenvalue weighted by Gasteiger charge is 2.33. The normalized spacial score (nSPS) is 11.3. The van der Waals surface area contributed by atoms with Crippen molar-refractivity contribution in [3.05, 3.63) is 69.3 Å². The van der Waals surface area contributed by atoms with Gasteiger partial charge in [-0.2, -0.15) is 15.2 Å². The molecule has 0 spiro atoms. The summed E-state index contributed by atoms with van der Waals surface area (Å²) in [4.78, 5) is 45.0. The minimum atomic E-state index is -1.47. The molecule has 208 valence electrons. The van der Waals surface area contributed by atoms with Gasteiger partial charge in [0.15, 0.2) is 6.10 Å². The summed E-state index contributed by atoms with van der Waals surface area (Å²) in [7, 11) is 3.17. The smallest absolute Gasteiger partial charge is 0.392 e. The van der Waals surface area contributed by atoms with Crippen LogP contribution in [0.4, 0.5) is 5.69 Å². The number of amides is 1. The Morgan fingerprint density at radius 2 is 1.82 bits per heavy atom. The van der Waals surface area contributed by atoms with Crippen LogP contribution in [0.5, 0.6) is 29.3 Å². The zero-order chi connectivity index (χ0) is 29.6. The van der Waals surface area contributed by atoms with Crippen LogP contribution in [0, 0.1) is 34.3 Å². The molecule has 1 aromatic heterocycles. The summed E-state index contributed by atoms with van der Waals surface area (Å²) in [5, 5.41) is 31.1. The van der Waals surface area contributed by atoms with Crippen molar-refractivity contribution in [3.8, 4) is 35.3 Å². The fourth-order valence-electron chi connectivity index (χ4n) is 3.45. The van der Waals surface area contributed by atoms with Gasteiger partial charge in [-0.25, -0.2) is 4.79 Å². The van der Waals surface area contributed by atoms with E-state index < -0.39 is 40.5 Å². The Hall–Kier alpha value is -5.25. The van der Waals surface area contributed by atoms with Crippen LogP contribution in [0.2, 0.25) is 0 Å². The number of carbonyl (C=O) groups excluding carboxylic acids is 1. The molecule has 0 radical (unpaired) electrons. The van der Waals surface area contributed by atoms with E-state index in [4.69, 9.17) is 14.2 Å². The van der Waals surface area contributed by atoms with Crippen molar-refractivity contribution in [1.29, 1.82) is 5.26 Å². The summed E-state index contributed by atoms with van der Waals surface area (Å²) in [5.41, 5.74) is 0.232. The SMILES string of the molecule is Cc1ccc(C#N)cc1Oc1nc(Oc2cccc(C(=O)N(C)C)c2)nc(OC(CC(C)C)C(=O)O)c1[N+](=O)[O-]. The van der Waals surface area contributed by atoms with Crippen molar-refractivity contribution in [2.24, 2.45) is 5.92 Å². The van der Waals surface area contributed by atoms with Crippen molar-refractivity contribution in [2.75, 3.05) is 14.1 Å². The van der Waals surface area contributed by atoms with Gasteiger partial charge in [-0.15, -0.1) is 0 Å². The molecule has 1 amide bonds. The predicted molar refractivity (Wildman–Crippen MR) is 141 cm³/mol. The first-order chi connectivity index (χ1) is 18.9. The maximum atomic E-state index is 12.4. The minimum absolute atomic E-state index is 0.0287. The van der Waals surface area contributed by atoms with Gasteiger partial charge in [-0.1, -0.05) is 26.0 Å². The third kappa shape index (κ3) is 7.19. The minimum Gasteiger partial charge on any atom is -0.479 e. The van der Waals surface area contributed by atoms with Crippen LogP contribution in [-0.4, -0.2) is 57.0 Å². The number of carboxylic acids is 1. The van der Waals surface area contributed by atoms with Gasteiger partial charge in [-0.3, -0.25) is 14.9 Å². The monoisotopic (exact) mass is 549 g/mol. The predicted octanol–water partition coefficient (Wildman–Crippen LogP) is 4.73. The molecular weight excluding hydrogens is 522 g/mol. The highest BCUT2D eigenvalue weighted by molar-refractivity contribution is 5.94. The molecule has 1 atom stereocenters. The number of nitro groups is 1. The lowest BCUT2D eigenvalue weighted by atomic mass is 10.1. The number of rotatable bonds is 11. The van der Waals surface area contributed by atoms with E-state index in [-0.39, 0.29) is 35.3 Å². The molecule has 3 rings (SSSR count). The number of nitrogens with zero attached hydrogens (tertiary/aromatic N) is 5. The van der Waals surface area contributed by atoms with Gasteiger partial charge in [0.1, 0.15) is 11.5 Å². The van der Waals surface area contributed by atoms with Crippen LogP contribution in [0.15, 0.2) is 42.5 Å². The zero-order valence-electron chi connectivity index (χ0n) is 22.4. The average molecular weight is 550 g/mol. The zero-order valence-corrected chi connectivity index (χ0v) is 22.4. The van der Waals surface area contributed by atoms with Gasteiger partial charge in [-0.05, 0) is 55.2 Å². The second-order valence-electron chi connectivity index (χ2n) is 9.32. The molecule has 3 aromatic rings. The summed E-state index contributed by atoms with van der Waals surface area (Å²) in [5.74, 6) is -2.84. The Morgan fingerprint density at radius 3 is 2.42 bits per heavy atom. The number of nitriles is 1. The fraction of sp³-hybridized carbons (Fsp3) is 0.296. The van der Waals surface area contributed by atoms with E-state index >= 15 is 0 Å². The summed E-state index contributed by atoms with van der Waals surface area (Å²) >= 11 is 0. The van der Waals surface area contributed by atoms with Gasteiger partial charge in [0.25, 0.3) is 5.91 Å². The molecule has 13 heteroatoms. The number of ether oxygens (including phenoxy) is 3. The van der Waals surface area contributed by atoms with Gasteiger partial charge in [0.05, 0.1) is 16.6 Å². The van der Waals surface area contributed by atoms with Crippen molar-refractivity contribution in [3.63, 3.8) is 0 Å². The first-order valence-electron chi connectivity index (χ1n) is 12.0. The molecule has 0 fully saturated rings. The van der Waals surface area contributed by atoms with Crippen molar-refractivity contribution in [1.82, 2.24) is 14.9 Å². The van der Waals surface area contributed by atoms with Crippen LogP contribution in [0.1, 0.15) is 41.8 Å². The molecule has 0 saturated heterocycles. The van der Waals surface area contributed by atoms with E-state index in [0.717, 1.165) is 0 Å². The third-order valence-corrected chi connectivity index (χ3v) is 5.42. The molecular formula is C27H27N5O8. The number of benzene rings is 2. The molecule has 0 aliphatic rings. The molecule has 1 heterocycles. The largest absolute Gasteiger partial charge is 0.479 e. The van der Waals surface area contributed by atoms with Gasteiger partial charge < -0.3 is 24.2 Å². The van der Waals surface area contributed by atoms with Crippen LogP contribution in [0.3, 0.4) is 0 Å². The third-order valence-electron chi connectivity index (χ3n) is 5.42. The number of aryl methyl sites for hydroxylation is 1. The van der Waals surface area contributed by atoms with Crippen molar-refractivity contribution >= 4 is 17.6 Å². The van der Waals surface area contributed by atoms with Gasteiger partial charge in [0.2, 0.25) is 0 Å². The van der Waals surface area contributed by atoms with Crippen LogP contribution in [0.25, 0.3) is 0 Å². The number of carbonyl (C=O) groups is 2. The molecule has 2 aromatic carbocycles. The number of hydrogen-bond acceptors (Lipinski definition) is 10. The summed E-state index contributed by atoms with van der Waals surface area (Å²) < 4.78 is 17.0. The lowest BCUT2D eigenvalue weighted by Crippen LogP contribution is -2.29. The summed E-state index contributed by atoms with van der Waals surface area (Å²) in [6.07, 6.45) is -1.44. The van der Waals surface area contributed by atoms with Crippen molar-refractivity contribution < 1.29 is 33.8 Å². The van der Waals surface area contributed by atoms with Gasteiger partial charge >= 0.3 is 29.4 Å². The molecule has 40 heavy (non-hydrogen) atoms. The highest BCUT2D eigenvalue weighted by atomic mass is 16.6. The Morgan fingerprint density at radius 1 is 1.12 bits per heavy atom. The Kier molecular flexibility index (Phi) is 9.18. The van der Waals surface area contributed by atoms with Crippen LogP contribution < -0.4 is 14.2 Å². The van der Waals surface area contributed by atoms with E-state index in [2.05, 4.69) is 9.97 Å². The highest BCUT2D eigenvalue weighted by Crippen LogP contribution is 2.40. The van der Waals surface area contributed by atoms with Crippen LogP contribution >= 0.6 is 0 Å². The maximum Gasteiger partial charge on any atom is 0.392 e. The fourth-order valence-corrected chi connectivity index (χ4v) is 3.45. The summed E-state index contributed by atoms with van der Waals surface area (Å²) in [6, 6.07) is 12.1. The molecule has 0 bridgehead atoms.